The van der Waals surface area contributed by atoms with E-state index in [0.29, 0.717) is 13.0 Å². The van der Waals surface area contributed by atoms with E-state index < -0.39 is 13.9 Å². The van der Waals surface area contributed by atoms with Crippen molar-refractivity contribution in [3.63, 3.8) is 0 Å². The van der Waals surface area contributed by atoms with Gasteiger partial charge >= 0.3 is 0 Å². The zero-order chi connectivity index (χ0) is 18.2. The van der Waals surface area contributed by atoms with Crippen molar-refractivity contribution in [2.45, 2.75) is 51.2 Å². The third-order valence-electron chi connectivity index (χ3n) is 4.84. The Balaban J connectivity index is 1.84. The fourth-order valence-electron chi connectivity index (χ4n) is 3.49. The number of hydrogen-bond donors (Lipinski definition) is 0. The van der Waals surface area contributed by atoms with Crippen LogP contribution in [0.1, 0.15) is 18.9 Å². The Morgan fingerprint density at radius 2 is 1.96 bits per heavy atom. The van der Waals surface area contributed by atoms with Gasteiger partial charge in [-0.1, -0.05) is 56.0 Å². The third kappa shape index (κ3) is 3.49. The average Bonchev–Trinajstić information content (AvgIpc) is 2.54. The Labute approximate surface area is 151 Å². The first-order valence-electron chi connectivity index (χ1n) is 8.79. The number of rotatable bonds is 5. The van der Waals surface area contributed by atoms with E-state index in [1.807, 2.05) is 42.5 Å². The van der Waals surface area contributed by atoms with Crippen molar-refractivity contribution in [2.24, 2.45) is 5.92 Å². The minimum absolute atomic E-state index is 0.00414. The molecular formula is C20H27NO3Si. The number of β-lactam (4-membered cyclic amide) rings is 1. The lowest BCUT2D eigenvalue weighted by Crippen LogP contribution is -2.71. The van der Waals surface area contributed by atoms with Gasteiger partial charge in [-0.25, -0.2) is 5.06 Å². The van der Waals surface area contributed by atoms with E-state index >= 15 is 0 Å². The van der Waals surface area contributed by atoms with E-state index in [0.717, 1.165) is 11.1 Å². The van der Waals surface area contributed by atoms with Crippen LogP contribution in [0.3, 0.4) is 0 Å². The van der Waals surface area contributed by atoms with Crippen molar-refractivity contribution in [2.75, 3.05) is 0 Å². The van der Waals surface area contributed by atoms with Gasteiger partial charge in [-0.2, -0.15) is 0 Å². The number of benzene rings is 1. The van der Waals surface area contributed by atoms with E-state index in [1.54, 1.807) is 0 Å². The summed E-state index contributed by atoms with van der Waals surface area (Å²) in [6.07, 6.45) is 4.36. The molecule has 0 aromatic heterocycles. The van der Waals surface area contributed by atoms with Crippen molar-refractivity contribution >= 4 is 14.2 Å². The Morgan fingerprint density at radius 3 is 2.56 bits per heavy atom. The smallest absolute Gasteiger partial charge is 0.249 e. The van der Waals surface area contributed by atoms with Crippen LogP contribution in [0.25, 0.3) is 0 Å². The number of allylic oxidation sites excluding steroid dienone is 1. The molecule has 1 aliphatic heterocycles. The van der Waals surface area contributed by atoms with Crippen LogP contribution in [0.15, 0.2) is 54.6 Å². The highest BCUT2D eigenvalue weighted by Crippen LogP contribution is 2.46. The van der Waals surface area contributed by atoms with Gasteiger partial charge in [-0.3, -0.25) is 9.63 Å². The molecular weight excluding hydrogens is 330 g/mol. The van der Waals surface area contributed by atoms with Crippen molar-refractivity contribution in [1.29, 1.82) is 0 Å². The largest absolute Gasteiger partial charge is 0.411 e. The van der Waals surface area contributed by atoms with Gasteiger partial charge in [0.2, 0.25) is 5.91 Å². The summed E-state index contributed by atoms with van der Waals surface area (Å²) in [6.45, 7) is 13.1. The van der Waals surface area contributed by atoms with Gasteiger partial charge in [-0.05, 0) is 30.8 Å². The molecule has 1 heterocycles. The predicted octanol–water partition coefficient (Wildman–Crippen LogP) is 4.07. The quantitative estimate of drug-likeness (QED) is 0.589. The van der Waals surface area contributed by atoms with Crippen LogP contribution in [-0.2, 0) is 20.7 Å². The van der Waals surface area contributed by atoms with Crippen molar-refractivity contribution < 1.29 is 14.1 Å². The molecule has 134 valence electrons. The zero-order valence-electron chi connectivity index (χ0n) is 15.5. The number of amides is 1. The van der Waals surface area contributed by atoms with Crippen LogP contribution >= 0.6 is 0 Å². The number of nitrogens with zero attached hydrogens (tertiary/aromatic N) is 1. The molecule has 1 aromatic carbocycles. The van der Waals surface area contributed by atoms with E-state index in [4.69, 9.17) is 9.26 Å². The monoisotopic (exact) mass is 357 g/mol. The van der Waals surface area contributed by atoms with Crippen molar-refractivity contribution in [1.82, 2.24) is 5.06 Å². The minimum atomic E-state index is -1.79. The average molecular weight is 358 g/mol. The maximum absolute atomic E-state index is 12.3. The highest BCUT2D eigenvalue weighted by Gasteiger charge is 2.59. The summed E-state index contributed by atoms with van der Waals surface area (Å²) in [5, 5.41) is 1.53. The van der Waals surface area contributed by atoms with Crippen LogP contribution in [0.4, 0.5) is 0 Å². The number of hydroxylamine groups is 2. The molecule has 4 nitrogen and oxygen atoms in total. The van der Waals surface area contributed by atoms with Crippen LogP contribution in [-0.4, -0.2) is 30.9 Å². The summed E-state index contributed by atoms with van der Waals surface area (Å²) in [5.41, 5.74) is 1.56. The van der Waals surface area contributed by atoms with Crippen molar-refractivity contribution in [3.05, 3.63) is 60.2 Å². The molecule has 5 heteroatoms. The summed E-state index contributed by atoms with van der Waals surface area (Å²) < 4.78 is 6.50. The van der Waals surface area contributed by atoms with Gasteiger partial charge in [0.05, 0.1) is 12.5 Å². The van der Waals surface area contributed by atoms with Gasteiger partial charge in [0.15, 0.2) is 8.32 Å². The molecule has 3 rings (SSSR count). The second kappa shape index (κ2) is 6.55. The molecule has 1 amide bonds. The van der Waals surface area contributed by atoms with Gasteiger partial charge in [0.1, 0.15) is 12.1 Å². The highest BCUT2D eigenvalue weighted by molar-refractivity contribution is 6.69. The fourth-order valence-corrected chi connectivity index (χ4v) is 4.66. The maximum atomic E-state index is 12.3. The van der Waals surface area contributed by atoms with Gasteiger partial charge in [0.25, 0.3) is 0 Å². The van der Waals surface area contributed by atoms with E-state index in [-0.39, 0.29) is 17.9 Å². The van der Waals surface area contributed by atoms with Crippen LogP contribution in [0.5, 0.6) is 0 Å². The standard InChI is InChI=1S/C20H27NO3Si/c1-15-11-12-20(19(16(15)2)24-25(3,4)5)13-18(22)21(20)23-14-17-9-7-6-8-10-17/h6-12,16,19H,1,13-14H2,2-5H3/t16-,19-,20+/m1/s1. The van der Waals surface area contributed by atoms with Gasteiger partial charge in [-0.15, -0.1) is 0 Å². The first-order valence-corrected chi connectivity index (χ1v) is 12.2. The van der Waals surface area contributed by atoms with Crippen LogP contribution in [0, 0.1) is 5.92 Å². The predicted molar refractivity (Wildman–Crippen MR) is 101 cm³/mol. The fraction of sp³-hybridized carbons (Fsp3) is 0.450. The van der Waals surface area contributed by atoms with E-state index in [2.05, 4.69) is 33.1 Å². The van der Waals surface area contributed by atoms with Crippen LogP contribution in [0.2, 0.25) is 19.6 Å². The summed E-state index contributed by atoms with van der Waals surface area (Å²) in [5.74, 6) is 0.150. The molecule has 3 atom stereocenters. The first kappa shape index (κ1) is 18.1. The Morgan fingerprint density at radius 1 is 1.28 bits per heavy atom. The first-order chi connectivity index (χ1) is 11.7. The second-order valence-corrected chi connectivity index (χ2v) is 12.4. The number of hydrogen-bond acceptors (Lipinski definition) is 3. The minimum Gasteiger partial charge on any atom is -0.411 e. The van der Waals surface area contributed by atoms with Gasteiger partial charge < -0.3 is 4.43 Å². The lowest BCUT2D eigenvalue weighted by Gasteiger charge is -2.56. The Kier molecular flexibility index (Phi) is 4.75. The summed E-state index contributed by atoms with van der Waals surface area (Å²) in [6, 6.07) is 9.89. The van der Waals surface area contributed by atoms with Crippen molar-refractivity contribution in [3.8, 4) is 0 Å². The molecule has 0 unspecified atom stereocenters. The molecule has 0 bridgehead atoms. The molecule has 25 heavy (non-hydrogen) atoms. The summed E-state index contributed by atoms with van der Waals surface area (Å²) in [4.78, 5) is 18.3. The molecule has 1 fully saturated rings. The molecule has 2 aliphatic rings. The normalized spacial score (nSPS) is 29.2. The zero-order valence-corrected chi connectivity index (χ0v) is 16.5. The van der Waals surface area contributed by atoms with Crippen LogP contribution < -0.4 is 0 Å². The Bertz CT molecular complexity index is 695. The second-order valence-electron chi connectivity index (χ2n) is 7.96. The molecule has 1 aliphatic carbocycles. The molecule has 1 aromatic rings. The lowest BCUT2D eigenvalue weighted by molar-refractivity contribution is -0.270. The maximum Gasteiger partial charge on any atom is 0.249 e. The molecule has 1 spiro atoms. The van der Waals surface area contributed by atoms with Gasteiger partial charge in [0, 0.05) is 5.92 Å². The number of carbonyl (C=O) groups excluding carboxylic acids is 1. The molecule has 0 radical (unpaired) electrons. The SMILES string of the molecule is C=C1C=C[C@]2(CC(=O)N2OCc2ccccc2)[C@H](O[Si](C)(C)C)[C@@H]1C. The lowest BCUT2D eigenvalue weighted by atomic mass is 9.70. The number of carbonyl (C=O) groups is 1. The molecule has 1 saturated heterocycles. The summed E-state index contributed by atoms with van der Waals surface area (Å²) in [7, 11) is -1.79. The molecule has 0 saturated carbocycles. The third-order valence-corrected chi connectivity index (χ3v) is 5.80. The van der Waals surface area contributed by atoms with E-state index in [9.17, 15) is 4.79 Å². The van der Waals surface area contributed by atoms with E-state index in [1.165, 1.54) is 5.06 Å². The topological polar surface area (TPSA) is 38.8 Å². The summed E-state index contributed by atoms with van der Waals surface area (Å²) >= 11 is 0. The highest BCUT2D eigenvalue weighted by atomic mass is 28.4. The molecule has 0 N–H and O–H groups in total. The Hall–Kier alpha value is -1.69.